The second-order valence-corrected chi connectivity index (χ2v) is 9.37. The molecule has 1 aliphatic rings. The summed E-state index contributed by atoms with van der Waals surface area (Å²) in [5, 5.41) is 9.14. The van der Waals surface area contributed by atoms with Gasteiger partial charge in [0.15, 0.2) is 9.84 Å². The van der Waals surface area contributed by atoms with Crippen molar-refractivity contribution in [3.8, 4) is 0 Å². The van der Waals surface area contributed by atoms with Gasteiger partial charge in [0.1, 0.15) is 5.82 Å². The fraction of sp³-hybridized carbons (Fsp3) is 0.381. The summed E-state index contributed by atoms with van der Waals surface area (Å²) in [5.74, 6) is -1.37. The number of hydrogen-bond donors (Lipinski definition) is 1. The van der Waals surface area contributed by atoms with Gasteiger partial charge in [-0.05, 0) is 68.4 Å². The Labute approximate surface area is 170 Å². The Morgan fingerprint density at radius 2 is 1.79 bits per heavy atom. The molecule has 0 atom stereocenters. The highest BCUT2D eigenvalue weighted by molar-refractivity contribution is 7.90. The second-order valence-electron chi connectivity index (χ2n) is 7.35. The number of sulfone groups is 1. The predicted molar refractivity (Wildman–Crippen MR) is 110 cm³/mol. The first kappa shape index (κ1) is 21.3. The van der Waals surface area contributed by atoms with E-state index in [1.165, 1.54) is 12.1 Å². The minimum absolute atomic E-state index is 0.233. The van der Waals surface area contributed by atoms with E-state index in [1.807, 2.05) is 11.0 Å². The number of nitrogens with zero attached hydrogens (tertiary/aromatic N) is 2. The molecule has 2 aromatic rings. The van der Waals surface area contributed by atoms with Crippen molar-refractivity contribution in [3.05, 3.63) is 54.3 Å². The number of carbonyl (C=O) groups is 1. The topological polar surface area (TPSA) is 77.9 Å². The van der Waals surface area contributed by atoms with Crippen molar-refractivity contribution in [3.63, 3.8) is 0 Å². The molecule has 156 valence electrons. The lowest BCUT2D eigenvalue weighted by molar-refractivity contribution is -0.143. The van der Waals surface area contributed by atoms with Crippen LogP contribution in [0.1, 0.15) is 12.8 Å². The lowest BCUT2D eigenvalue weighted by Gasteiger charge is -2.33. The monoisotopic (exact) mass is 420 g/mol. The molecular formula is C21H25FN2O4S. The summed E-state index contributed by atoms with van der Waals surface area (Å²) in [6.07, 6.45) is 2.41. The van der Waals surface area contributed by atoms with Crippen LogP contribution < -0.4 is 4.90 Å². The number of anilines is 2. The maximum Gasteiger partial charge on any atom is 0.306 e. The van der Waals surface area contributed by atoms with E-state index in [9.17, 15) is 17.6 Å². The molecule has 0 amide bonds. The van der Waals surface area contributed by atoms with Crippen LogP contribution in [0.3, 0.4) is 0 Å². The smallest absolute Gasteiger partial charge is 0.306 e. The van der Waals surface area contributed by atoms with E-state index < -0.39 is 15.8 Å². The fourth-order valence-electron chi connectivity index (χ4n) is 3.57. The first-order chi connectivity index (χ1) is 13.7. The predicted octanol–water partition coefficient (Wildman–Crippen LogP) is 3.16. The van der Waals surface area contributed by atoms with Crippen molar-refractivity contribution in [1.29, 1.82) is 0 Å². The van der Waals surface area contributed by atoms with Gasteiger partial charge in [-0.15, -0.1) is 0 Å². The number of carboxylic acid groups (broad SMARTS) is 1. The summed E-state index contributed by atoms with van der Waals surface area (Å²) in [4.78, 5) is 15.5. The molecule has 1 aliphatic heterocycles. The van der Waals surface area contributed by atoms with Crippen LogP contribution in [-0.2, 0) is 14.6 Å². The molecule has 1 heterocycles. The average Bonchev–Trinajstić information content (AvgIpc) is 2.68. The van der Waals surface area contributed by atoms with E-state index in [0.29, 0.717) is 44.7 Å². The molecule has 0 unspecified atom stereocenters. The molecule has 0 spiro atoms. The van der Waals surface area contributed by atoms with Gasteiger partial charge in [-0.1, -0.05) is 6.07 Å². The Kier molecular flexibility index (Phi) is 6.54. The summed E-state index contributed by atoms with van der Waals surface area (Å²) in [6.45, 7) is 2.68. The Hall–Kier alpha value is -2.45. The number of piperidine rings is 1. The number of rotatable bonds is 7. The zero-order valence-corrected chi connectivity index (χ0v) is 17.1. The van der Waals surface area contributed by atoms with Crippen molar-refractivity contribution in [1.82, 2.24) is 4.90 Å². The maximum atomic E-state index is 13.8. The third-order valence-electron chi connectivity index (χ3n) is 5.27. The first-order valence-electron chi connectivity index (χ1n) is 9.52. The van der Waals surface area contributed by atoms with Gasteiger partial charge in [0.05, 0.1) is 10.8 Å². The second kappa shape index (κ2) is 8.92. The van der Waals surface area contributed by atoms with Crippen molar-refractivity contribution >= 4 is 27.2 Å². The maximum absolute atomic E-state index is 13.8. The highest BCUT2D eigenvalue weighted by atomic mass is 32.2. The molecule has 6 nitrogen and oxygen atoms in total. The van der Waals surface area contributed by atoms with Gasteiger partial charge in [0.25, 0.3) is 0 Å². The molecule has 8 heteroatoms. The van der Waals surface area contributed by atoms with Crippen LogP contribution in [0.2, 0.25) is 0 Å². The number of benzene rings is 2. The highest BCUT2D eigenvalue weighted by Gasteiger charge is 2.24. The third kappa shape index (κ3) is 5.55. The van der Waals surface area contributed by atoms with E-state index >= 15 is 0 Å². The van der Waals surface area contributed by atoms with Crippen LogP contribution in [-0.4, -0.2) is 56.8 Å². The Bertz CT molecular complexity index is 955. The fourth-order valence-corrected chi connectivity index (χ4v) is 4.20. The van der Waals surface area contributed by atoms with Gasteiger partial charge in [-0.25, -0.2) is 12.8 Å². The molecule has 3 rings (SSSR count). The zero-order chi connectivity index (χ0) is 21.0. The van der Waals surface area contributed by atoms with Crippen molar-refractivity contribution in [2.24, 2.45) is 5.92 Å². The largest absolute Gasteiger partial charge is 0.481 e. The molecule has 1 N–H and O–H groups in total. The van der Waals surface area contributed by atoms with Crippen LogP contribution in [0.5, 0.6) is 0 Å². The Balaban J connectivity index is 1.77. The Morgan fingerprint density at radius 3 is 2.34 bits per heavy atom. The summed E-state index contributed by atoms with van der Waals surface area (Å²) >= 11 is 0. The van der Waals surface area contributed by atoms with Crippen LogP contribution in [0.15, 0.2) is 53.4 Å². The standard InChI is InChI=1S/C21H25FN2O4S/c1-29(27,28)20-7-5-18(6-8-20)24(19-4-2-3-17(22)15-19)14-13-23-11-9-16(10-12-23)21(25)26/h2-8,15-16H,9-14H2,1H3,(H,25,26). The van der Waals surface area contributed by atoms with E-state index in [1.54, 1.807) is 30.3 Å². The van der Waals surface area contributed by atoms with E-state index in [4.69, 9.17) is 5.11 Å². The molecule has 29 heavy (non-hydrogen) atoms. The zero-order valence-electron chi connectivity index (χ0n) is 16.3. The van der Waals surface area contributed by atoms with E-state index in [-0.39, 0.29) is 16.6 Å². The van der Waals surface area contributed by atoms with Crippen LogP contribution in [0, 0.1) is 11.7 Å². The molecule has 1 saturated heterocycles. The molecule has 0 aromatic heterocycles. The van der Waals surface area contributed by atoms with Crippen LogP contribution in [0.25, 0.3) is 0 Å². The van der Waals surface area contributed by atoms with Gasteiger partial charge in [-0.2, -0.15) is 0 Å². The van der Waals surface area contributed by atoms with Crippen LogP contribution >= 0.6 is 0 Å². The van der Waals surface area contributed by atoms with Crippen molar-refractivity contribution in [2.75, 3.05) is 37.3 Å². The molecular weight excluding hydrogens is 395 g/mol. The van der Waals surface area contributed by atoms with Gasteiger partial charge >= 0.3 is 5.97 Å². The number of likely N-dealkylation sites (tertiary alicyclic amines) is 1. The van der Waals surface area contributed by atoms with Crippen molar-refractivity contribution < 1.29 is 22.7 Å². The minimum Gasteiger partial charge on any atom is -0.481 e. The molecule has 0 aliphatic carbocycles. The summed E-state index contributed by atoms with van der Waals surface area (Å²) in [7, 11) is -3.29. The molecule has 0 radical (unpaired) electrons. The summed E-state index contributed by atoms with van der Waals surface area (Å²) < 4.78 is 37.3. The molecule has 0 bridgehead atoms. The normalized spacial score (nSPS) is 15.9. The third-order valence-corrected chi connectivity index (χ3v) is 6.40. The highest BCUT2D eigenvalue weighted by Crippen LogP contribution is 2.27. The molecule has 1 fully saturated rings. The van der Waals surface area contributed by atoms with Gasteiger partial charge < -0.3 is 14.9 Å². The number of halogens is 1. The van der Waals surface area contributed by atoms with E-state index in [2.05, 4.69) is 4.90 Å². The quantitative estimate of drug-likeness (QED) is 0.741. The molecule has 0 saturated carbocycles. The van der Waals surface area contributed by atoms with Crippen molar-refractivity contribution in [2.45, 2.75) is 17.7 Å². The van der Waals surface area contributed by atoms with Gasteiger partial charge in [0.2, 0.25) is 0 Å². The SMILES string of the molecule is CS(=O)(=O)c1ccc(N(CCN2CCC(C(=O)O)CC2)c2cccc(F)c2)cc1. The van der Waals surface area contributed by atoms with Gasteiger partial charge in [0, 0.05) is 30.7 Å². The average molecular weight is 421 g/mol. The number of carboxylic acids is 1. The Morgan fingerprint density at radius 1 is 1.14 bits per heavy atom. The summed E-state index contributed by atoms with van der Waals surface area (Å²) in [6, 6.07) is 12.8. The minimum atomic E-state index is -3.29. The lowest BCUT2D eigenvalue weighted by atomic mass is 9.97. The first-order valence-corrected chi connectivity index (χ1v) is 11.4. The lowest BCUT2D eigenvalue weighted by Crippen LogP contribution is -2.40. The van der Waals surface area contributed by atoms with Gasteiger partial charge in [-0.3, -0.25) is 4.79 Å². The number of aliphatic carboxylic acids is 1. The summed E-state index contributed by atoms with van der Waals surface area (Å²) in [5.41, 5.74) is 1.45. The number of hydrogen-bond acceptors (Lipinski definition) is 5. The van der Waals surface area contributed by atoms with E-state index in [0.717, 1.165) is 11.9 Å². The molecule has 2 aromatic carbocycles. The van der Waals surface area contributed by atoms with Crippen LogP contribution in [0.4, 0.5) is 15.8 Å².